The van der Waals surface area contributed by atoms with Crippen molar-refractivity contribution >= 4 is 90.4 Å². The van der Waals surface area contributed by atoms with Crippen molar-refractivity contribution in [1.82, 2.24) is 0 Å². The van der Waals surface area contributed by atoms with E-state index in [1.54, 1.807) is 0 Å². The van der Waals surface area contributed by atoms with Gasteiger partial charge in [-0.25, -0.2) is 0 Å². The Balaban J connectivity index is 3.56. The molecular weight excluding hydrogens is 628 g/mol. The van der Waals surface area contributed by atoms with Gasteiger partial charge < -0.3 is 0 Å². The molecule has 0 amide bonds. The summed E-state index contributed by atoms with van der Waals surface area (Å²) in [5, 5.41) is 0. The van der Waals surface area contributed by atoms with E-state index >= 15 is 0 Å². The molecule has 0 saturated carbocycles. The third kappa shape index (κ3) is 2.69. The molecule has 1 aromatic rings. The summed E-state index contributed by atoms with van der Waals surface area (Å²) in [6, 6.07) is 0. The highest BCUT2D eigenvalue weighted by Gasteiger charge is 2.15. The molecule has 0 fully saturated rings. The summed E-state index contributed by atoms with van der Waals surface area (Å²) in [4.78, 5) is 0. The number of rotatable bonds is 2. The second kappa shape index (κ2) is 6.18. The fraction of sp³-hybridized carbons (Fsp3) is 0.400. The van der Waals surface area contributed by atoms with Crippen LogP contribution in [-0.4, -0.2) is 0 Å². The van der Waals surface area contributed by atoms with E-state index in [9.17, 15) is 0 Å². The molecular formula is C10H10I4. The number of halogens is 4. The molecule has 0 aromatic heterocycles. The Hall–Kier alpha value is 2.14. The van der Waals surface area contributed by atoms with Gasteiger partial charge in [-0.15, -0.1) is 0 Å². The summed E-state index contributed by atoms with van der Waals surface area (Å²) in [5.41, 5.74) is 3.04. The van der Waals surface area contributed by atoms with Crippen LogP contribution < -0.4 is 0 Å². The molecule has 0 bridgehead atoms. The van der Waals surface area contributed by atoms with Gasteiger partial charge in [-0.2, -0.15) is 0 Å². The minimum Gasteiger partial charge on any atom is -0.0612 e. The zero-order chi connectivity index (χ0) is 10.9. The highest BCUT2D eigenvalue weighted by molar-refractivity contribution is 14.1. The molecule has 0 heterocycles. The Morgan fingerprint density at radius 1 is 0.643 bits per heavy atom. The van der Waals surface area contributed by atoms with Gasteiger partial charge in [0, 0.05) is 14.3 Å². The lowest BCUT2D eigenvalue weighted by Crippen LogP contribution is -2.04. The quantitative estimate of drug-likeness (QED) is 0.237. The van der Waals surface area contributed by atoms with Crippen LogP contribution in [0, 0.1) is 14.3 Å². The maximum absolute atomic E-state index is 2.50. The molecule has 4 heteroatoms. The van der Waals surface area contributed by atoms with E-state index in [1.165, 1.54) is 25.4 Å². The Labute approximate surface area is 140 Å². The summed E-state index contributed by atoms with van der Waals surface area (Å²) in [7, 11) is 0. The Kier molecular flexibility index (Phi) is 6.26. The first-order valence-electron chi connectivity index (χ1n) is 4.38. The molecule has 0 N–H and O–H groups in total. The molecule has 14 heavy (non-hydrogen) atoms. The molecule has 0 atom stereocenters. The van der Waals surface area contributed by atoms with Crippen LogP contribution in [0.4, 0.5) is 0 Å². The minimum absolute atomic E-state index is 1.14. The van der Waals surface area contributed by atoms with E-state index in [4.69, 9.17) is 0 Å². The van der Waals surface area contributed by atoms with Crippen LogP contribution in [0.5, 0.6) is 0 Å². The van der Waals surface area contributed by atoms with Gasteiger partial charge in [-0.05, 0) is 114 Å². The standard InChI is InChI=1S/C10H10I4/c1-3-5-7(11)6(4-2)9(13)10(14)8(5)12/h3-4H2,1-2H3. The molecule has 1 aromatic carbocycles. The van der Waals surface area contributed by atoms with Crippen LogP contribution in [0.25, 0.3) is 0 Å². The predicted octanol–water partition coefficient (Wildman–Crippen LogP) is 5.23. The van der Waals surface area contributed by atoms with Crippen LogP contribution in [0.1, 0.15) is 25.0 Å². The number of hydrogen-bond donors (Lipinski definition) is 0. The van der Waals surface area contributed by atoms with Gasteiger partial charge in [0.25, 0.3) is 0 Å². The second-order valence-electron chi connectivity index (χ2n) is 2.92. The summed E-state index contributed by atoms with van der Waals surface area (Å²) in [5.74, 6) is 0. The van der Waals surface area contributed by atoms with Gasteiger partial charge in [0.05, 0.1) is 0 Å². The van der Waals surface area contributed by atoms with Gasteiger partial charge in [0.2, 0.25) is 0 Å². The average Bonchev–Trinajstić information content (AvgIpc) is 2.16. The molecule has 0 aliphatic heterocycles. The minimum atomic E-state index is 1.14. The van der Waals surface area contributed by atoms with E-state index in [-0.39, 0.29) is 0 Å². The Morgan fingerprint density at radius 3 is 1.29 bits per heavy atom. The first-order valence-corrected chi connectivity index (χ1v) is 8.69. The Bertz CT molecular complexity index is 327. The van der Waals surface area contributed by atoms with E-state index in [0.29, 0.717) is 0 Å². The molecule has 0 nitrogen and oxygen atoms in total. The summed E-state index contributed by atoms with van der Waals surface area (Å²) < 4.78 is 5.79. The van der Waals surface area contributed by atoms with Crippen molar-refractivity contribution in [2.75, 3.05) is 0 Å². The lowest BCUT2D eigenvalue weighted by Gasteiger charge is -2.14. The zero-order valence-electron chi connectivity index (χ0n) is 7.93. The summed E-state index contributed by atoms with van der Waals surface area (Å²) >= 11 is 9.91. The topological polar surface area (TPSA) is 0 Å². The van der Waals surface area contributed by atoms with Gasteiger partial charge in [0.15, 0.2) is 0 Å². The maximum Gasteiger partial charge on any atom is 0.0403 e. The first kappa shape index (κ1) is 14.2. The van der Waals surface area contributed by atoms with E-state index in [2.05, 4.69) is 104 Å². The summed E-state index contributed by atoms with van der Waals surface area (Å²) in [6.07, 6.45) is 2.27. The zero-order valence-corrected chi connectivity index (χ0v) is 16.6. The number of benzene rings is 1. The fourth-order valence-corrected chi connectivity index (χ4v) is 6.70. The Morgan fingerprint density at radius 2 is 1.00 bits per heavy atom. The highest BCUT2D eigenvalue weighted by atomic mass is 127. The van der Waals surface area contributed by atoms with Crippen LogP contribution in [0.3, 0.4) is 0 Å². The highest BCUT2D eigenvalue weighted by Crippen LogP contribution is 2.33. The third-order valence-corrected chi connectivity index (χ3v) is 8.98. The van der Waals surface area contributed by atoms with Gasteiger partial charge in [-0.3, -0.25) is 0 Å². The summed E-state index contributed by atoms with van der Waals surface area (Å²) in [6.45, 7) is 4.48. The predicted molar refractivity (Wildman–Crippen MR) is 96.1 cm³/mol. The maximum atomic E-state index is 2.50. The van der Waals surface area contributed by atoms with Gasteiger partial charge in [0.1, 0.15) is 0 Å². The molecule has 0 aliphatic carbocycles. The second-order valence-corrected chi connectivity index (χ2v) is 7.24. The van der Waals surface area contributed by atoms with Crippen molar-refractivity contribution in [2.45, 2.75) is 26.7 Å². The molecule has 0 aliphatic rings. The molecule has 0 spiro atoms. The van der Waals surface area contributed by atoms with E-state index < -0.39 is 0 Å². The van der Waals surface area contributed by atoms with Crippen molar-refractivity contribution in [3.8, 4) is 0 Å². The number of hydrogen-bond acceptors (Lipinski definition) is 0. The molecule has 0 unspecified atom stereocenters. The molecule has 1 rings (SSSR count). The molecule has 0 saturated heterocycles. The monoisotopic (exact) mass is 638 g/mol. The van der Waals surface area contributed by atoms with Crippen LogP contribution >= 0.6 is 90.4 Å². The lowest BCUT2D eigenvalue weighted by atomic mass is 10.1. The SMILES string of the molecule is CCc1c(I)c(I)c(I)c(CC)c1I. The van der Waals surface area contributed by atoms with Crippen LogP contribution in [0.15, 0.2) is 0 Å². The van der Waals surface area contributed by atoms with Crippen molar-refractivity contribution in [3.63, 3.8) is 0 Å². The van der Waals surface area contributed by atoms with Crippen LogP contribution in [0.2, 0.25) is 0 Å². The van der Waals surface area contributed by atoms with Crippen LogP contribution in [-0.2, 0) is 12.8 Å². The van der Waals surface area contributed by atoms with Crippen molar-refractivity contribution in [2.24, 2.45) is 0 Å². The van der Waals surface area contributed by atoms with Crippen molar-refractivity contribution in [1.29, 1.82) is 0 Å². The molecule has 0 radical (unpaired) electrons. The average molecular weight is 638 g/mol. The van der Waals surface area contributed by atoms with Gasteiger partial charge in [-0.1, -0.05) is 13.8 Å². The first-order chi connectivity index (χ1) is 6.54. The van der Waals surface area contributed by atoms with Crippen molar-refractivity contribution in [3.05, 3.63) is 25.4 Å². The largest absolute Gasteiger partial charge is 0.0612 e. The fourth-order valence-electron chi connectivity index (χ4n) is 1.36. The molecule has 78 valence electrons. The van der Waals surface area contributed by atoms with E-state index in [0.717, 1.165) is 12.8 Å². The van der Waals surface area contributed by atoms with Gasteiger partial charge >= 0.3 is 0 Å². The third-order valence-electron chi connectivity index (χ3n) is 2.15. The van der Waals surface area contributed by atoms with Crippen molar-refractivity contribution < 1.29 is 0 Å². The van der Waals surface area contributed by atoms with E-state index in [1.807, 2.05) is 0 Å². The normalized spacial score (nSPS) is 10.7. The lowest BCUT2D eigenvalue weighted by molar-refractivity contribution is 1.04. The smallest absolute Gasteiger partial charge is 0.0403 e.